The molecule has 0 atom stereocenters. The summed E-state index contributed by atoms with van der Waals surface area (Å²) in [6.07, 6.45) is 5.62. The summed E-state index contributed by atoms with van der Waals surface area (Å²) in [5.74, 6) is -0.860. The van der Waals surface area contributed by atoms with E-state index < -0.39 is 11.8 Å². The van der Waals surface area contributed by atoms with Gasteiger partial charge in [0.25, 0.3) is 11.8 Å². The summed E-state index contributed by atoms with van der Waals surface area (Å²) in [4.78, 5) is 28.2. The molecule has 0 saturated carbocycles. The molecule has 0 unspecified atom stereocenters. The van der Waals surface area contributed by atoms with E-state index in [-0.39, 0.29) is 17.2 Å². The molecule has 5 nitrogen and oxygen atoms in total. The lowest BCUT2D eigenvalue weighted by Crippen LogP contribution is -2.53. The zero-order valence-electron chi connectivity index (χ0n) is 13.3. The van der Waals surface area contributed by atoms with Gasteiger partial charge in [0.15, 0.2) is 5.11 Å². The van der Waals surface area contributed by atoms with E-state index in [2.05, 4.69) is 16.8 Å². The van der Waals surface area contributed by atoms with Gasteiger partial charge in [-0.15, -0.1) is 6.58 Å². The van der Waals surface area contributed by atoms with Crippen molar-refractivity contribution in [3.63, 3.8) is 0 Å². The molecule has 1 aromatic carbocycles. The summed E-state index contributed by atoms with van der Waals surface area (Å²) in [6.45, 7) is 6.03. The Morgan fingerprint density at radius 3 is 2.46 bits per heavy atom. The highest BCUT2D eigenvalue weighted by molar-refractivity contribution is 7.80. The fourth-order valence-corrected chi connectivity index (χ4v) is 3.16. The molecule has 6 heteroatoms. The molecule has 124 valence electrons. The Morgan fingerprint density at radius 2 is 1.83 bits per heavy atom. The van der Waals surface area contributed by atoms with Crippen LogP contribution in [-0.4, -0.2) is 41.5 Å². The second-order valence-corrected chi connectivity index (χ2v) is 6.19. The van der Waals surface area contributed by atoms with Crippen molar-refractivity contribution >= 4 is 40.9 Å². The number of amides is 2. The molecular weight excluding hydrogens is 322 g/mol. The van der Waals surface area contributed by atoms with E-state index in [9.17, 15) is 9.59 Å². The quantitative estimate of drug-likeness (QED) is 0.394. The fraction of sp³-hybridized carbons (Fsp3) is 0.278. The van der Waals surface area contributed by atoms with E-state index in [1.165, 1.54) is 23.4 Å². The van der Waals surface area contributed by atoms with Crippen LogP contribution in [0.25, 0.3) is 6.08 Å². The summed E-state index contributed by atoms with van der Waals surface area (Å²) in [6, 6.07) is 7.89. The van der Waals surface area contributed by atoms with Gasteiger partial charge in [0.1, 0.15) is 5.57 Å². The summed E-state index contributed by atoms with van der Waals surface area (Å²) < 4.78 is 0. The van der Waals surface area contributed by atoms with Gasteiger partial charge in [-0.2, -0.15) is 0 Å². The van der Waals surface area contributed by atoms with E-state index in [1.807, 2.05) is 24.3 Å². The molecule has 0 radical (unpaired) electrons. The molecule has 24 heavy (non-hydrogen) atoms. The number of thiocarbonyl (C=S) groups is 1. The van der Waals surface area contributed by atoms with Crippen molar-refractivity contribution in [2.24, 2.45) is 0 Å². The highest BCUT2D eigenvalue weighted by Gasteiger charge is 2.32. The van der Waals surface area contributed by atoms with Gasteiger partial charge in [-0.25, -0.2) is 0 Å². The lowest BCUT2D eigenvalue weighted by atomic mass is 10.1. The molecule has 3 rings (SSSR count). The van der Waals surface area contributed by atoms with Crippen LogP contribution in [0.15, 0.2) is 42.5 Å². The first kappa shape index (κ1) is 16.4. The van der Waals surface area contributed by atoms with E-state index in [0.29, 0.717) is 0 Å². The Hall–Kier alpha value is -2.47. The zero-order chi connectivity index (χ0) is 17.1. The number of benzene rings is 1. The first-order chi connectivity index (χ1) is 11.6. The van der Waals surface area contributed by atoms with Crippen molar-refractivity contribution in [2.45, 2.75) is 12.8 Å². The topological polar surface area (TPSA) is 52.7 Å². The second kappa shape index (κ2) is 6.97. The molecule has 2 aliphatic heterocycles. The molecule has 0 aliphatic carbocycles. The molecule has 2 amide bonds. The SMILES string of the molecule is C=CCN1C(=O)/C(=C\c2ccc(N3CCCC3)cc2)C(=O)NC1=S. The minimum atomic E-state index is -0.464. The predicted octanol–water partition coefficient (Wildman–Crippen LogP) is 2.10. The van der Waals surface area contributed by atoms with Gasteiger partial charge in [-0.1, -0.05) is 18.2 Å². The van der Waals surface area contributed by atoms with Crippen LogP contribution in [0, 0.1) is 0 Å². The molecule has 2 fully saturated rings. The zero-order valence-corrected chi connectivity index (χ0v) is 14.1. The largest absolute Gasteiger partial charge is 0.372 e. The smallest absolute Gasteiger partial charge is 0.265 e. The Kier molecular flexibility index (Phi) is 4.76. The van der Waals surface area contributed by atoms with Gasteiger partial charge >= 0.3 is 0 Å². The standard InChI is InChI=1S/C18H19N3O2S/c1-2-9-21-17(23)15(16(22)19-18(21)24)12-13-5-7-14(8-6-13)20-10-3-4-11-20/h2,5-8,12H,1,3-4,9-11H2,(H,19,22,24)/b15-12-. The third-order valence-electron chi connectivity index (χ3n) is 4.17. The van der Waals surface area contributed by atoms with Gasteiger partial charge in [0.05, 0.1) is 0 Å². The number of hydrogen-bond acceptors (Lipinski definition) is 4. The first-order valence-electron chi connectivity index (χ1n) is 7.95. The van der Waals surface area contributed by atoms with Gasteiger partial charge in [-0.3, -0.25) is 19.8 Å². The molecule has 1 N–H and O–H groups in total. The minimum absolute atomic E-state index is 0.0828. The third-order valence-corrected chi connectivity index (χ3v) is 4.50. The molecule has 2 aliphatic rings. The normalized spacial score (nSPS) is 19.8. The van der Waals surface area contributed by atoms with Crippen molar-refractivity contribution in [1.29, 1.82) is 0 Å². The maximum absolute atomic E-state index is 12.5. The highest BCUT2D eigenvalue weighted by atomic mass is 32.1. The number of carbonyl (C=O) groups is 2. The number of hydrogen-bond donors (Lipinski definition) is 1. The van der Waals surface area contributed by atoms with Crippen LogP contribution in [0.2, 0.25) is 0 Å². The molecule has 2 saturated heterocycles. The summed E-state index contributed by atoms with van der Waals surface area (Å²) in [5.41, 5.74) is 2.06. The molecule has 0 aromatic heterocycles. The number of nitrogens with zero attached hydrogens (tertiary/aromatic N) is 2. The monoisotopic (exact) mass is 341 g/mol. The van der Waals surface area contributed by atoms with Crippen LogP contribution < -0.4 is 10.2 Å². The van der Waals surface area contributed by atoms with E-state index in [4.69, 9.17) is 12.2 Å². The predicted molar refractivity (Wildman–Crippen MR) is 98.5 cm³/mol. The molecule has 1 aromatic rings. The van der Waals surface area contributed by atoms with Crippen molar-refractivity contribution in [3.05, 3.63) is 48.1 Å². The number of nitrogens with one attached hydrogen (secondary N) is 1. The number of anilines is 1. The fourth-order valence-electron chi connectivity index (χ4n) is 2.91. The van der Waals surface area contributed by atoms with Gasteiger partial charge in [0, 0.05) is 25.3 Å². The first-order valence-corrected chi connectivity index (χ1v) is 8.36. The average Bonchev–Trinajstić information content (AvgIpc) is 3.10. The molecular formula is C18H19N3O2S. The summed E-state index contributed by atoms with van der Waals surface area (Å²) >= 11 is 5.04. The maximum atomic E-state index is 12.5. The van der Waals surface area contributed by atoms with Gasteiger partial charge in [0.2, 0.25) is 0 Å². The van der Waals surface area contributed by atoms with Gasteiger partial charge < -0.3 is 4.90 Å². The number of rotatable bonds is 4. The highest BCUT2D eigenvalue weighted by Crippen LogP contribution is 2.22. The lowest BCUT2D eigenvalue weighted by molar-refractivity contribution is -0.128. The Balaban J connectivity index is 1.83. The van der Waals surface area contributed by atoms with Crippen LogP contribution in [-0.2, 0) is 9.59 Å². The van der Waals surface area contributed by atoms with Crippen molar-refractivity contribution in [3.8, 4) is 0 Å². The van der Waals surface area contributed by atoms with E-state index in [1.54, 1.807) is 12.2 Å². The molecule has 0 bridgehead atoms. The average molecular weight is 341 g/mol. The van der Waals surface area contributed by atoms with Crippen molar-refractivity contribution in [1.82, 2.24) is 10.2 Å². The van der Waals surface area contributed by atoms with Crippen LogP contribution in [0.1, 0.15) is 18.4 Å². The van der Waals surface area contributed by atoms with Crippen LogP contribution in [0.4, 0.5) is 5.69 Å². The van der Waals surface area contributed by atoms with Crippen molar-refractivity contribution in [2.75, 3.05) is 24.5 Å². The Labute approximate surface area is 146 Å². The Bertz CT molecular complexity index is 718. The van der Waals surface area contributed by atoms with Crippen molar-refractivity contribution < 1.29 is 9.59 Å². The second-order valence-electron chi connectivity index (χ2n) is 5.81. The van der Waals surface area contributed by atoms with Crippen LogP contribution in [0.5, 0.6) is 0 Å². The number of carbonyl (C=O) groups excluding carboxylic acids is 2. The molecule has 2 heterocycles. The van der Waals surface area contributed by atoms with E-state index >= 15 is 0 Å². The molecule has 0 spiro atoms. The summed E-state index contributed by atoms with van der Waals surface area (Å²) in [5, 5.41) is 2.66. The van der Waals surface area contributed by atoms with Crippen LogP contribution in [0.3, 0.4) is 0 Å². The minimum Gasteiger partial charge on any atom is -0.372 e. The van der Waals surface area contributed by atoms with Gasteiger partial charge in [-0.05, 0) is 48.8 Å². The lowest BCUT2D eigenvalue weighted by Gasteiger charge is -2.27. The maximum Gasteiger partial charge on any atom is 0.265 e. The Morgan fingerprint density at radius 1 is 1.17 bits per heavy atom. The third kappa shape index (κ3) is 3.23. The summed E-state index contributed by atoms with van der Waals surface area (Å²) in [7, 11) is 0. The van der Waals surface area contributed by atoms with Crippen LogP contribution >= 0.6 is 12.2 Å². The van der Waals surface area contributed by atoms with E-state index in [0.717, 1.165) is 18.7 Å².